The Balaban J connectivity index is 1.18. The normalized spacial score (nSPS) is 18.0. The van der Waals surface area contributed by atoms with Crippen LogP contribution >= 0.6 is 0 Å². The molecule has 2 aliphatic rings. The van der Waals surface area contributed by atoms with Crippen molar-refractivity contribution in [2.45, 2.75) is 39.0 Å². The first-order valence-electron chi connectivity index (χ1n) is 14.8. The van der Waals surface area contributed by atoms with Gasteiger partial charge in [-0.15, -0.1) is 0 Å². The van der Waals surface area contributed by atoms with Gasteiger partial charge in [0.15, 0.2) is 0 Å². The first-order chi connectivity index (χ1) is 21.1. The number of piperazine rings is 1. The molecule has 232 valence electrons. The Morgan fingerprint density at radius 1 is 1.07 bits per heavy atom. The smallest absolute Gasteiger partial charge is 0.416 e. The molecule has 2 aliphatic heterocycles. The van der Waals surface area contributed by atoms with E-state index in [2.05, 4.69) is 27.1 Å². The number of H-pyrrole nitrogens is 1. The molecule has 1 fully saturated rings. The van der Waals surface area contributed by atoms with Crippen molar-refractivity contribution in [3.05, 3.63) is 82.9 Å². The van der Waals surface area contributed by atoms with Crippen LogP contribution in [0.15, 0.2) is 54.9 Å². The molecule has 0 aliphatic carbocycles. The Kier molecular flexibility index (Phi) is 8.21. The van der Waals surface area contributed by atoms with Crippen LogP contribution in [0.25, 0.3) is 11.0 Å². The average molecular weight is 611 g/mol. The maximum absolute atomic E-state index is 15.2. The van der Waals surface area contributed by atoms with Gasteiger partial charge in [-0.05, 0) is 66.9 Å². The van der Waals surface area contributed by atoms with Crippen molar-refractivity contribution in [1.82, 2.24) is 24.7 Å². The fourth-order valence-corrected chi connectivity index (χ4v) is 6.11. The van der Waals surface area contributed by atoms with E-state index < -0.39 is 29.6 Å². The number of alkyl halides is 3. The fraction of sp³-hybridized carbons (Fsp3) is 0.375. The SMILES string of the molecule is CCN1CCN(Cc2ccc(NC(=O)N3CCc4c(F)cc(Oc5ccnc6[nH]ccc56)cc4C3C)cc2C(F)(F)F)CC1. The number of carbonyl (C=O) groups is 1. The molecule has 1 atom stereocenters. The van der Waals surface area contributed by atoms with Crippen LogP contribution in [0.1, 0.15) is 42.1 Å². The van der Waals surface area contributed by atoms with E-state index in [1.807, 2.05) is 11.0 Å². The van der Waals surface area contributed by atoms with Crippen LogP contribution < -0.4 is 10.1 Å². The predicted octanol–water partition coefficient (Wildman–Crippen LogP) is 6.80. The average Bonchev–Trinajstić information content (AvgIpc) is 3.48. The van der Waals surface area contributed by atoms with Crippen molar-refractivity contribution in [1.29, 1.82) is 0 Å². The second-order valence-corrected chi connectivity index (χ2v) is 11.3. The number of benzene rings is 2. The van der Waals surface area contributed by atoms with Crippen LogP contribution in [0.2, 0.25) is 0 Å². The summed E-state index contributed by atoms with van der Waals surface area (Å²) in [7, 11) is 0. The van der Waals surface area contributed by atoms with E-state index in [4.69, 9.17) is 4.74 Å². The van der Waals surface area contributed by atoms with Crippen molar-refractivity contribution < 1.29 is 27.1 Å². The molecule has 2 aromatic heterocycles. The largest absolute Gasteiger partial charge is 0.456 e. The first-order valence-corrected chi connectivity index (χ1v) is 14.8. The van der Waals surface area contributed by atoms with Crippen LogP contribution in [0.3, 0.4) is 0 Å². The summed E-state index contributed by atoms with van der Waals surface area (Å²) in [6, 6.07) is 9.37. The second-order valence-electron chi connectivity index (χ2n) is 11.3. The highest BCUT2D eigenvalue weighted by molar-refractivity contribution is 5.90. The number of nitrogens with zero attached hydrogens (tertiary/aromatic N) is 4. The number of nitrogens with one attached hydrogen (secondary N) is 2. The molecule has 1 unspecified atom stereocenters. The Bertz CT molecular complexity index is 1660. The van der Waals surface area contributed by atoms with Gasteiger partial charge in [0.05, 0.1) is 17.0 Å². The molecule has 1 saturated heterocycles. The lowest BCUT2D eigenvalue weighted by molar-refractivity contribution is -0.138. The molecular weight excluding hydrogens is 576 g/mol. The van der Waals surface area contributed by atoms with E-state index in [0.717, 1.165) is 31.1 Å². The van der Waals surface area contributed by atoms with Crippen molar-refractivity contribution >= 4 is 22.8 Å². The van der Waals surface area contributed by atoms with E-state index in [1.165, 1.54) is 23.1 Å². The Hall–Kier alpha value is -4.16. The van der Waals surface area contributed by atoms with Crippen molar-refractivity contribution in [3.63, 3.8) is 0 Å². The predicted molar refractivity (Wildman–Crippen MR) is 159 cm³/mol. The number of pyridine rings is 1. The van der Waals surface area contributed by atoms with Crippen LogP contribution in [-0.2, 0) is 19.1 Å². The van der Waals surface area contributed by atoms with Gasteiger partial charge in [0.2, 0.25) is 0 Å². The summed E-state index contributed by atoms with van der Waals surface area (Å²) < 4.78 is 63.6. The number of aromatic amines is 1. The summed E-state index contributed by atoms with van der Waals surface area (Å²) in [6.07, 6.45) is -1.000. The molecule has 0 bridgehead atoms. The lowest BCUT2D eigenvalue weighted by Crippen LogP contribution is -2.45. The molecule has 12 heteroatoms. The fourth-order valence-electron chi connectivity index (χ4n) is 6.11. The number of aromatic nitrogens is 2. The number of hydrogen-bond acceptors (Lipinski definition) is 5. The summed E-state index contributed by atoms with van der Waals surface area (Å²) in [5.41, 5.74) is 1.16. The van der Waals surface area contributed by atoms with Gasteiger partial charge in [-0.3, -0.25) is 4.90 Å². The van der Waals surface area contributed by atoms with Crippen LogP contribution in [0.4, 0.5) is 28.0 Å². The molecule has 0 saturated carbocycles. The minimum atomic E-state index is -4.58. The molecular formula is C32H34F4N6O2. The third kappa shape index (κ3) is 6.09. The Labute approximate surface area is 252 Å². The second kappa shape index (κ2) is 12.1. The number of urea groups is 1. The number of hydrogen-bond donors (Lipinski definition) is 2. The number of carbonyl (C=O) groups excluding carboxylic acids is 1. The molecule has 2 aromatic carbocycles. The lowest BCUT2D eigenvalue weighted by Gasteiger charge is -2.36. The highest BCUT2D eigenvalue weighted by Crippen LogP contribution is 2.38. The monoisotopic (exact) mass is 610 g/mol. The topological polar surface area (TPSA) is 76.7 Å². The van der Waals surface area contributed by atoms with E-state index in [9.17, 15) is 18.0 Å². The van der Waals surface area contributed by atoms with Gasteiger partial charge in [0.25, 0.3) is 0 Å². The van der Waals surface area contributed by atoms with E-state index in [0.29, 0.717) is 35.6 Å². The zero-order valence-electron chi connectivity index (χ0n) is 24.5. The number of anilines is 1. The quantitative estimate of drug-likeness (QED) is 0.235. The third-order valence-corrected chi connectivity index (χ3v) is 8.61. The van der Waals surface area contributed by atoms with Gasteiger partial charge < -0.3 is 24.8 Å². The molecule has 4 heterocycles. The summed E-state index contributed by atoms with van der Waals surface area (Å²) in [6.45, 7) is 8.19. The molecule has 0 radical (unpaired) electrons. The standard InChI is InChI=1S/C32H34F4N6O2/c1-3-40-12-14-41(15-13-40)19-21-4-5-22(16-27(21)32(34,35)36)39-31(43)42-11-8-24-26(20(42)2)17-23(18-28(24)33)44-29-7-10-38-30-25(29)6-9-37-30/h4-7,9-10,16-18,20H,3,8,11-15,19H2,1-2H3,(H,37,38)(H,39,43). The molecule has 8 nitrogen and oxygen atoms in total. The summed E-state index contributed by atoms with van der Waals surface area (Å²) in [4.78, 5) is 26.4. The molecule has 4 aromatic rings. The summed E-state index contributed by atoms with van der Waals surface area (Å²) >= 11 is 0. The van der Waals surface area contributed by atoms with Gasteiger partial charge in [-0.25, -0.2) is 14.2 Å². The molecule has 2 N–H and O–H groups in total. The third-order valence-electron chi connectivity index (χ3n) is 8.61. The van der Waals surface area contributed by atoms with E-state index >= 15 is 4.39 Å². The molecule has 44 heavy (non-hydrogen) atoms. The van der Waals surface area contributed by atoms with Crippen molar-refractivity contribution in [3.8, 4) is 11.5 Å². The lowest BCUT2D eigenvalue weighted by atomic mass is 9.93. The zero-order chi connectivity index (χ0) is 31.0. The maximum Gasteiger partial charge on any atom is 0.416 e. The van der Waals surface area contributed by atoms with Gasteiger partial charge in [0, 0.05) is 63.4 Å². The first kappa shape index (κ1) is 29.9. The van der Waals surface area contributed by atoms with E-state index in [1.54, 1.807) is 31.5 Å². The summed E-state index contributed by atoms with van der Waals surface area (Å²) in [5.74, 6) is 0.330. The number of rotatable bonds is 6. The van der Waals surface area contributed by atoms with Crippen LogP contribution in [0, 0.1) is 5.82 Å². The zero-order valence-corrected chi connectivity index (χ0v) is 24.5. The molecule has 0 spiro atoms. The number of amides is 2. The highest BCUT2D eigenvalue weighted by atomic mass is 19.4. The molecule has 6 rings (SSSR count). The Morgan fingerprint density at radius 2 is 1.84 bits per heavy atom. The van der Waals surface area contributed by atoms with Gasteiger partial charge >= 0.3 is 12.2 Å². The van der Waals surface area contributed by atoms with Gasteiger partial charge in [-0.2, -0.15) is 13.2 Å². The van der Waals surface area contributed by atoms with Crippen LogP contribution in [-0.4, -0.2) is 70.0 Å². The highest BCUT2D eigenvalue weighted by Gasteiger charge is 2.35. The number of likely N-dealkylation sites (N-methyl/N-ethyl adjacent to an activating group) is 1. The molecule has 2 amide bonds. The number of ether oxygens (including phenoxy) is 1. The van der Waals surface area contributed by atoms with Crippen molar-refractivity contribution in [2.75, 3.05) is 44.6 Å². The minimum absolute atomic E-state index is 0.0522. The van der Waals surface area contributed by atoms with Crippen LogP contribution in [0.5, 0.6) is 11.5 Å². The number of fused-ring (bicyclic) bond motifs is 2. The number of halogens is 4. The Morgan fingerprint density at radius 3 is 2.59 bits per heavy atom. The maximum atomic E-state index is 15.2. The van der Waals surface area contributed by atoms with Crippen molar-refractivity contribution in [2.24, 2.45) is 0 Å². The van der Waals surface area contributed by atoms with E-state index in [-0.39, 0.29) is 36.5 Å². The van der Waals surface area contributed by atoms with Gasteiger partial charge in [0.1, 0.15) is 23.0 Å². The van der Waals surface area contributed by atoms with Gasteiger partial charge in [-0.1, -0.05) is 13.0 Å². The minimum Gasteiger partial charge on any atom is -0.456 e. The summed E-state index contributed by atoms with van der Waals surface area (Å²) in [5, 5.41) is 3.39.